The van der Waals surface area contributed by atoms with Crippen molar-refractivity contribution in [2.24, 2.45) is 5.92 Å². The Morgan fingerprint density at radius 2 is 2.10 bits per heavy atom. The number of hydrogen-bond donors (Lipinski definition) is 1. The van der Waals surface area contributed by atoms with Gasteiger partial charge in [0, 0.05) is 62.2 Å². The molecule has 158 valence electrons. The number of carbonyl (C=O) groups excluding carboxylic acids is 1. The van der Waals surface area contributed by atoms with E-state index in [1.54, 1.807) is 7.11 Å². The first kappa shape index (κ1) is 19.2. The Kier molecular flexibility index (Phi) is 4.61. The minimum Gasteiger partial charge on any atom is -0.460 e. The maximum atomic E-state index is 11.5. The number of hydrogen-bond acceptors (Lipinski definition) is 7. The summed E-state index contributed by atoms with van der Waals surface area (Å²) in [4.78, 5) is 27.4. The van der Waals surface area contributed by atoms with Crippen molar-refractivity contribution in [3.8, 4) is 6.01 Å². The standard InChI is InChI=1S/C22H27N5O3/c1-13-6-20(26-21(24-13)30-16-7-15(8-16)11-29-3)27-12-22(4-5-22)17-10-23-19(9-18(17)27)25-14(2)28/h6,9-10,15-16H,4-5,7-8,11-12H2,1-3H3,(H,23,25,28). The Balaban J connectivity index is 1.41. The Labute approximate surface area is 176 Å². The molecule has 0 saturated heterocycles. The van der Waals surface area contributed by atoms with E-state index in [1.165, 1.54) is 12.5 Å². The summed E-state index contributed by atoms with van der Waals surface area (Å²) in [6.07, 6.45) is 6.30. The molecule has 0 bridgehead atoms. The number of rotatable bonds is 6. The molecule has 2 aliphatic carbocycles. The molecule has 1 spiro atoms. The van der Waals surface area contributed by atoms with E-state index in [0.29, 0.717) is 17.7 Å². The number of ether oxygens (including phenoxy) is 2. The molecule has 0 atom stereocenters. The lowest BCUT2D eigenvalue weighted by Crippen LogP contribution is -2.36. The van der Waals surface area contributed by atoms with Gasteiger partial charge in [0.05, 0.1) is 5.69 Å². The van der Waals surface area contributed by atoms with Crippen LogP contribution >= 0.6 is 0 Å². The van der Waals surface area contributed by atoms with Gasteiger partial charge in [-0.15, -0.1) is 0 Å². The van der Waals surface area contributed by atoms with E-state index < -0.39 is 0 Å². The summed E-state index contributed by atoms with van der Waals surface area (Å²) in [5.41, 5.74) is 3.31. The Morgan fingerprint density at radius 1 is 1.30 bits per heavy atom. The lowest BCUT2D eigenvalue weighted by atomic mass is 9.83. The van der Waals surface area contributed by atoms with Crippen molar-refractivity contribution in [3.63, 3.8) is 0 Å². The fraction of sp³-hybridized carbons (Fsp3) is 0.545. The molecule has 3 heterocycles. The second-order valence-electron chi connectivity index (χ2n) is 8.82. The summed E-state index contributed by atoms with van der Waals surface area (Å²) in [6, 6.07) is 4.37. The molecule has 0 aromatic carbocycles. The van der Waals surface area contributed by atoms with E-state index >= 15 is 0 Å². The maximum absolute atomic E-state index is 11.5. The van der Waals surface area contributed by atoms with Crippen LogP contribution in [0.15, 0.2) is 18.3 Å². The predicted octanol–water partition coefficient (Wildman–Crippen LogP) is 3.13. The number of nitrogens with zero attached hydrogens (tertiary/aromatic N) is 4. The van der Waals surface area contributed by atoms with Gasteiger partial charge in [0.1, 0.15) is 17.7 Å². The number of fused-ring (bicyclic) bond motifs is 2. The number of anilines is 3. The van der Waals surface area contributed by atoms with E-state index in [1.807, 2.05) is 25.3 Å². The molecule has 1 aliphatic heterocycles. The molecule has 0 radical (unpaired) electrons. The van der Waals surface area contributed by atoms with E-state index in [0.717, 1.165) is 56.0 Å². The molecule has 1 N–H and O–H groups in total. The smallest absolute Gasteiger partial charge is 0.318 e. The van der Waals surface area contributed by atoms with Gasteiger partial charge in [-0.3, -0.25) is 4.79 Å². The molecule has 0 unspecified atom stereocenters. The monoisotopic (exact) mass is 409 g/mol. The predicted molar refractivity (Wildman–Crippen MR) is 112 cm³/mol. The highest BCUT2D eigenvalue weighted by molar-refractivity contribution is 5.89. The van der Waals surface area contributed by atoms with Gasteiger partial charge in [-0.25, -0.2) is 9.97 Å². The largest absolute Gasteiger partial charge is 0.460 e. The minimum absolute atomic E-state index is 0.131. The first-order valence-corrected chi connectivity index (χ1v) is 10.5. The zero-order valence-electron chi connectivity index (χ0n) is 17.6. The van der Waals surface area contributed by atoms with Gasteiger partial charge >= 0.3 is 6.01 Å². The van der Waals surface area contributed by atoms with Crippen LogP contribution in [0.4, 0.5) is 17.3 Å². The van der Waals surface area contributed by atoms with Crippen LogP contribution in [0.2, 0.25) is 0 Å². The molecule has 30 heavy (non-hydrogen) atoms. The summed E-state index contributed by atoms with van der Waals surface area (Å²) >= 11 is 0. The molecule has 2 aromatic rings. The van der Waals surface area contributed by atoms with Crippen LogP contribution in [0.3, 0.4) is 0 Å². The zero-order chi connectivity index (χ0) is 20.9. The molecule has 2 saturated carbocycles. The van der Waals surface area contributed by atoms with Gasteiger partial charge in [0.15, 0.2) is 0 Å². The van der Waals surface area contributed by atoms with Gasteiger partial charge in [0.25, 0.3) is 0 Å². The molecular formula is C22H27N5O3. The van der Waals surface area contributed by atoms with Crippen molar-refractivity contribution < 1.29 is 14.3 Å². The lowest BCUT2D eigenvalue weighted by molar-refractivity contribution is -0.114. The number of pyridine rings is 1. The molecule has 1 amide bonds. The molecule has 8 heteroatoms. The second kappa shape index (κ2) is 7.19. The molecule has 8 nitrogen and oxygen atoms in total. The van der Waals surface area contributed by atoms with Crippen LogP contribution in [0.5, 0.6) is 6.01 Å². The third-order valence-corrected chi connectivity index (χ3v) is 6.33. The van der Waals surface area contributed by atoms with E-state index in [9.17, 15) is 4.79 Å². The van der Waals surface area contributed by atoms with Crippen molar-refractivity contribution >= 4 is 23.2 Å². The fourth-order valence-corrected chi connectivity index (χ4v) is 4.59. The molecule has 5 rings (SSSR count). The molecular weight excluding hydrogens is 382 g/mol. The molecule has 2 aromatic heterocycles. The number of amides is 1. The van der Waals surface area contributed by atoms with Gasteiger partial charge in [-0.1, -0.05) is 0 Å². The van der Waals surface area contributed by atoms with Crippen molar-refractivity contribution in [1.82, 2.24) is 15.0 Å². The van der Waals surface area contributed by atoms with Crippen molar-refractivity contribution in [1.29, 1.82) is 0 Å². The van der Waals surface area contributed by atoms with Crippen LogP contribution < -0.4 is 15.0 Å². The summed E-state index contributed by atoms with van der Waals surface area (Å²) in [5, 5.41) is 2.79. The number of aromatic nitrogens is 3. The van der Waals surface area contributed by atoms with E-state index in [4.69, 9.17) is 14.5 Å². The first-order chi connectivity index (χ1) is 14.5. The van der Waals surface area contributed by atoms with Crippen molar-refractivity contribution in [2.45, 2.75) is 51.0 Å². The van der Waals surface area contributed by atoms with E-state index in [-0.39, 0.29) is 17.4 Å². The van der Waals surface area contributed by atoms with E-state index in [2.05, 4.69) is 20.2 Å². The number of aryl methyl sites for hydroxylation is 1. The third kappa shape index (κ3) is 3.49. The lowest BCUT2D eigenvalue weighted by Gasteiger charge is -2.34. The van der Waals surface area contributed by atoms with Crippen LogP contribution in [0.25, 0.3) is 0 Å². The Bertz CT molecular complexity index is 985. The van der Waals surface area contributed by atoms with Crippen LogP contribution in [-0.2, 0) is 14.9 Å². The SMILES string of the molecule is COCC1CC(Oc2nc(C)cc(N3CC4(CC4)c4cnc(NC(C)=O)cc43)n2)C1. The first-order valence-electron chi connectivity index (χ1n) is 10.5. The number of carbonyl (C=O) groups is 1. The molecule has 3 aliphatic rings. The van der Waals surface area contributed by atoms with Crippen LogP contribution in [0, 0.1) is 12.8 Å². The molecule has 2 fully saturated rings. The Hall–Kier alpha value is -2.74. The number of nitrogens with one attached hydrogen (secondary N) is 1. The quantitative estimate of drug-likeness (QED) is 0.784. The summed E-state index contributed by atoms with van der Waals surface area (Å²) in [6.45, 7) is 5.09. The van der Waals surface area contributed by atoms with Crippen molar-refractivity contribution in [2.75, 3.05) is 30.5 Å². The topological polar surface area (TPSA) is 89.5 Å². The summed E-state index contributed by atoms with van der Waals surface area (Å²) in [7, 11) is 1.73. The summed E-state index contributed by atoms with van der Waals surface area (Å²) in [5.74, 6) is 1.82. The van der Waals surface area contributed by atoms with Crippen LogP contribution in [-0.4, -0.2) is 47.2 Å². The second-order valence-corrected chi connectivity index (χ2v) is 8.82. The highest BCUT2D eigenvalue weighted by Crippen LogP contribution is 2.58. The maximum Gasteiger partial charge on any atom is 0.318 e. The minimum atomic E-state index is -0.131. The zero-order valence-corrected chi connectivity index (χ0v) is 17.6. The summed E-state index contributed by atoms with van der Waals surface area (Å²) < 4.78 is 11.3. The average Bonchev–Trinajstić information content (AvgIpc) is 3.36. The average molecular weight is 409 g/mol. The van der Waals surface area contributed by atoms with Crippen LogP contribution in [0.1, 0.15) is 43.9 Å². The highest BCUT2D eigenvalue weighted by Gasteiger charge is 2.52. The van der Waals surface area contributed by atoms with Crippen molar-refractivity contribution in [3.05, 3.63) is 29.6 Å². The fourth-order valence-electron chi connectivity index (χ4n) is 4.59. The highest BCUT2D eigenvalue weighted by atomic mass is 16.5. The Morgan fingerprint density at radius 3 is 2.80 bits per heavy atom. The van der Waals surface area contributed by atoms with Gasteiger partial charge in [0.2, 0.25) is 5.91 Å². The van der Waals surface area contributed by atoms with Gasteiger partial charge in [-0.05, 0) is 38.5 Å². The number of methoxy groups -OCH3 is 1. The third-order valence-electron chi connectivity index (χ3n) is 6.33. The van der Waals surface area contributed by atoms with Gasteiger partial charge in [-0.2, -0.15) is 4.98 Å². The normalized spacial score (nSPS) is 23.1. The van der Waals surface area contributed by atoms with Gasteiger partial charge < -0.3 is 19.7 Å².